The summed E-state index contributed by atoms with van der Waals surface area (Å²) < 4.78 is 13.0. The monoisotopic (exact) mass is 446 g/mol. The van der Waals surface area contributed by atoms with Crippen LogP contribution in [0.2, 0.25) is 0 Å². The van der Waals surface area contributed by atoms with E-state index in [4.69, 9.17) is 20.9 Å². The van der Waals surface area contributed by atoms with Gasteiger partial charge in [0.25, 0.3) is 5.91 Å². The van der Waals surface area contributed by atoms with Gasteiger partial charge in [-0.2, -0.15) is 5.10 Å². The van der Waals surface area contributed by atoms with E-state index in [0.717, 1.165) is 30.5 Å². The van der Waals surface area contributed by atoms with Gasteiger partial charge in [0.2, 0.25) is 0 Å². The number of likely N-dealkylation sites (tertiary alicyclic amines) is 1. The van der Waals surface area contributed by atoms with Crippen molar-refractivity contribution in [3.05, 3.63) is 41.7 Å². The summed E-state index contributed by atoms with van der Waals surface area (Å²) in [5.74, 6) is -0.663. The Morgan fingerprint density at radius 2 is 1.88 bits per heavy atom. The van der Waals surface area contributed by atoms with Crippen molar-refractivity contribution in [2.75, 3.05) is 18.9 Å². The SMILES string of the molecule is CC(C)(C)OC(=O)N1CCCCC1COCc1ccc(-n2cc(N)c(C(N)=O)n2)cc1.N. The second kappa shape index (κ2) is 10.5. The normalized spacial score (nSPS) is 16.3. The van der Waals surface area contributed by atoms with E-state index in [9.17, 15) is 9.59 Å². The van der Waals surface area contributed by atoms with E-state index in [1.54, 1.807) is 11.1 Å². The number of anilines is 1. The van der Waals surface area contributed by atoms with Crippen molar-refractivity contribution < 1.29 is 19.1 Å². The molecule has 1 saturated heterocycles. The number of primary amides is 1. The molecule has 2 aromatic rings. The van der Waals surface area contributed by atoms with Crippen LogP contribution in [0.3, 0.4) is 0 Å². The molecule has 1 aromatic heterocycles. The number of nitrogens with zero attached hydrogens (tertiary/aromatic N) is 3. The molecule has 176 valence electrons. The second-order valence-electron chi connectivity index (χ2n) is 8.75. The first-order chi connectivity index (χ1) is 14.6. The van der Waals surface area contributed by atoms with Crippen molar-refractivity contribution in [2.45, 2.75) is 58.3 Å². The Labute approximate surface area is 188 Å². The van der Waals surface area contributed by atoms with Crippen LogP contribution in [0, 0.1) is 0 Å². The Morgan fingerprint density at radius 1 is 1.19 bits per heavy atom. The van der Waals surface area contributed by atoms with Crippen LogP contribution in [-0.4, -0.2) is 51.5 Å². The number of carbonyl (C=O) groups excluding carboxylic acids is 2. The van der Waals surface area contributed by atoms with Gasteiger partial charge in [-0.1, -0.05) is 12.1 Å². The van der Waals surface area contributed by atoms with Gasteiger partial charge in [0.1, 0.15) is 5.60 Å². The minimum absolute atomic E-state index is 0. The number of rotatable bonds is 6. The fourth-order valence-electron chi connectivity index (χ4n) is 3.50. The smallest absolute Gasteiger partial charge is 0.410 e. The van der Waals surface area contributed by atoms with Crippen LogP contribution >= 0.6 is 0 Å². The molecule has 2 amide bonds. The molecule has 0 radical (unpaired) electrons. The first-order valence-corrected chi connectivity index (χ1v) is 10.5. The van der Waals surface area contributed by atoms with Crippen molar-refractivity contribution in [1.29, 1.82) is 0 Å². The number of carbonyl (C=O) groups is 2. The molecule has 0 spiro atoms. The zero-order chi connectivity index (χ0) is 22.6. The molecule has 1 aliphatic rings. The molecular formula is C22H34N6O4. The Kier molecular flexibility index (Phi) is 8.23. The van der Waals surface area contributed by atoms with Crippen LogP contribution in [0.4, 0.5) is 10.5 Å². The third kappa shape index (κ3) is 6.44. The predicted octanol–water partition coefficient (Wildman–Crippen LogP) is 3.02. The van der Waals surface area contributed by atoms with Crippen molar-refractivity contribution in [1.82, 2.24) is 20.8 Å². The van der Waals surface area contributed by atoms with E-state index in [1.165, 1.54) is 4.68 Å². The number of piperidine rings is 1. The van der Waals surface area contributed by atoms with Gasteiger partial charge in [-0.05, 0) is 57.7 Å². The zero-order valence-corrected chi connectivity index (χ0v) is 19.0. The number of benzene rings is 1. The lowest BCUT2D eigenvalue weighted by Gasteiger charge is -2.36. The Hall–Kier alpha value is -3.11. The van der Waals surface area contributed by atoms with Crippen LogP contribution in [-0.2, 0) is 16.1 Å². The molecule has 0 bridgehead atoms. The average molecular weight is 447 g/mol. The van der Waals surface area contributed by atoms with Gasteiger partial charge in [-0.25, -0.2) is 9.48 Å². The molecule has 1 aromatic carbocycles. The number of nitrogens with two attached hydrogens (primary N) is 2. The molecule has 1 fully saturated rings. The van der Waals surface area contributed by atoms with E-state index in [-0.39, 0.29) is 29.7 Å². The summed E-state index contributed by atoms with van der Waals surface area (Å²) >= 11 is 0. The van der Waals surface area contributed by atoms with Crippen molar-refractivity contribution >= 4 is 17.7 Å². The molecule has 0 aliphatic carbocycles. The van der Waals surface area contributed by atoms with Gasteiger partial charge in [-0.3, -0.25) is 4.79 Å². The second-order valence-corrected chi connectivity index (χ2v) is 8.75. The van der Waals surface area contributed by atoms with Gasteiger partial charge in [0.15, 0.2) is 5.69 Å². The highest BCUT2D eigenvalue weighted by Gasteiger charge is 2.30. The van der Waals surface area contributed by atoms with E-state index < -0.39 is 11.5 Å². The van der Waals surface area contributed by atoms with Gasteiger partial charge < -0.3 is 32.0 Å². The molecular weight excluding hydrogens is 412 g/mol. The van der Waals surface area contributed by atoms with Crippen molar-refractivity contribution in [3.63, 3.8) is 0 Å². The Bertz CT molecular complexity index is 919. The summed E-state index contributed by atoms with van der Waals surface area (Å²) in [4.78, 5) is 25.6. The van der Waals surface area contributed by atoms with E-state index in [1.807, 2.05) is 45.0 Å². The molecule has 3 rings (SSSR count). The zero-order valence-electron chi connectivity index (χ0n) is 19.0. The number of nitrogen functional groups attached to an aromatic ring is 1. The molecule has 1 unspecified atom stereocenters. The molecule has 2 heterocycles. The summed E-state index contributed by atoms with van der Waals surface area (Å²) in [6.45, 7) is 7.19. The molecule has 32 heavy (non-hydrogen) atoms. The van der Waals surface area contributed by atoms with Crippen LogP contribution in [0.25, 0.3) is 5.69 Å². The lowest BCUT2D eigenvalue weighted by molar-refractivity contribution is -0.00997. The lowest BCUT2D eigenvalue weighted by atomic mass is 10.0. The van der Waals surface area contributed by atoms with Crippen LogP contribution in [0.5, 0.6) is 0 Å². The minimum atomic E-state index is -0.663. The Balaban J connectivity index is 0.00000363. The summed E-state index contributed by atoms with van der Waals surface area (Å²) in [6.07, 6.45) is 4.23. The van der Waals surface area contributed by atoms with E-state index in [2.05, 4.69) is 5.10 Å². The number of ether oxygens (including phenoxy) is 2. The first-order valence-electron chi connectivity index (χ1n) is 10.5. The first kappa shape index (κ1) is 25.2. The van der Waals surface area contributed by atoms with Gasteiger partial charge in [-0.15, -0.1) is 0 Å². The summed E-state index contributed by atoms with van der Waals surface area (Å²) in [5, 5.41) is 4.12. The van der Waals surface area contributed by atoms with Gasteiger partial charge in [0.05, 0.1) is 36.8 Å². The maximum Gasteiger partial charge on any atom is 0.410 e. The van der Waals surface area contributed by atoms with Crippen molar-refractivity contribution in [3.8, 4) is 5.69 Å². The maximum atomic E-state index is 12.5. The number of amides is 2. The molecule has 10 heteroatoms. The van der Waals surface area contributed by atoms with Gasteiger partial charge in [0, 0.05) is 6.54 Å². The summed E-state index contributed by atoms with van der Waals surface area (Å²) in [7, 11) is 0. The van der Waals surface area contributed by atoms with Crippen LogP contribution < -0.4 is 17.6 Å². The molecule has 1 aliphatic heterocycles. The van der Waals surface area contributed by atoms with Gasteiger partial charge >= 0.3 is 6.09 Å². The quantitative estimate of drug-likeness (QED) is 0.614. The predicted molar refractivity (Wildman–Crippen MR) is 122 cm³/mol. The summed E-state index contributed by atoms with van der Waals surface area (Å²) in [5.41, 5.74) is 12.5. The molecule has 7 N–H and O–H groups in total. The fourth-order valence-corrected chi connectivity index (χ4v) is 3.50. The highest BCUT2D eigenvalue weighted by atomic mass is 16.6. The standard InChI is InChI=1S/C22H31N5O4.H3N/c1-22(2,3)31-21(29)26-11-5-4-6-17(26)14-30-13-15-7-9-16(10-8-15)27-12-18(23)19(25-27)20(24)28;/h7-10,12,17H,4-6,11,13-14,23H2,1-3H3,(H2,24,28);1H3. The molecule has 10 nitrogen and oxygen atoms in total. The number of hydrogen-bond acceptors (Lipinski definition) is 7. The average Bonchev–Trinajstić information content (AvgIpc) is 3.09. The third-order valence-electron chi connectivity index (χ3n) is 5.01. The third-order valence-corrected chi connectivity index (χ3v) is 5.01. The van der Waals surface area contributed by atoms with Crippen molar-refractivity contribution in [2.24, 2.45) is 5.73 Å². The topological polar surface area (TPSA) is 161 Å². The summed E-state index contributed by atoms with van der Waals surface area (Å²) in [6, 6.07) is 7.59. The number of aromatic nitrogens is 2. The largest absolute Gasteiger partial charge is 0.444 e. The Morgan fingerprint density at radius 3 is 2.47 bits per heavy atom. The lowest BCUT2D eigenvalue weighted by Crippen LogP contribution is -2.48. The van der Waals surface area contributed by atoms with Crippen LogP contribution in [0.15, 0.2) is 30.5 Å². The maximum absolute atomic E-state index is 12.5. The highest BCUT2D eigenvalue weighted by molar-refractivity contribution is 5.95. The van der Waals surface area contributed by atoms with E-state index >= 15 is 0 Å². The molecule has 1 atom stereocenters. The highest BCUT2D eigenvalue weighted by Crippen LogP contribution is 2.21. The van der Waals surface area contributed by atoms with Crippen LogP contribution in [0.1, 0.15) is 56.1 Å². The molecule has 0 saturated carbocycles. The fraction of sp³-hybridized carbons (Fsp3) is 0.500. The van der Waals surface area contributed by atoms with E-state index in [0.29, 0.717) is 19.8 Å². The minimum Gasteiger partial charge on any atom is -0.444 e. The number of hydrogen-bond donors (Lipinski definition) is 3.